The van der Waals surface area contributed by atoms with E-state index in [1.54, 1.807) is 12.2 Å². The smallest absolute Gasteiger partial charge is 0.220 e. The lowest BCUT2D eigenvalue weighted by molar-refractivity contribution is 1.13. The highest BCUT2D eigenvalue weighted by atomic mass is 15.2. The predicted molar refractivity (Wildman–Crippen MR) is 119 cm³/mol. The number of fused-ring (bicyclic) bond motifs is 3. The maximum atomic E-state index is 6.03. The third kappa shape index (κ3) is 3.26. The molecule has 0 spiro atoms. The van der Waals surface area contributed by atoms with Gasteiger partial charge in [0.2, 0.25) is 5.78 Å². The molecule has 0 aliphatic carbocycles. The molecular formula is C23H22BN3. The van der Waals surface area contributed by atoms with E-state index >= 15 is 0 Å². The average molecular weight is 351 g/mol. The van der Waals surface area contributed by atoms with E-state index < -0.39 is 0 Å². The summed E-state index contributed by atoms with van der Waals surface area (Å²) in [6.07, 6.45) is 15.3. The molecule has 3 nitrogen and oxygen atoms in total. The average Bonchev–Trinajstić information content (AvgIpc) is 3.17. The van der Waals surface area contributed by atoms with Gasteiger partial charge in [0, 0.05) is 5.70 Å². The standard InChI is InChI=1S/C23H22BN3/c1-5-11-18(16-17(24)8-4)26-21-14-9-10-15-22(21)27-20(13-7-3)19(12-6-2)25-23(26)27/h5-16H,1,4H2,2-3H3/b12-6-,13-7-,17-16+,18-11+. The first-order valence-corrected chi connectivity index (χ1v) is 8.86. The van der Waals surface area contributed by atoms with Crippen LogP contribution in [-0.2, 0) is 0 Å². The predicted octanol–water partition coefficient (Wildman–Crippen LogP) is 5.62. The van der Waals surface area contributed by atoms with Crippen molar-refractivity contribution in [2.75, 3.05) is 0 Å². The van der Waals surface area contributed by atoms with Crippen molar-refractivity contribution in [3.05, 3.63) is 90.7 Å². The molecule has 0 atom stereocenters. The van der Waals surface area contributed by atoms with E-state index in [4.69, 9.17) is 12.8 Å². The fourth-order valence-electron chi connectivity index (χ4n) is 3.17. The number of imidazole rings is 2. The Labute approximate surface area is 161 Å². The molecule has 27 heavy (non-hydrogen) atoms. The molecule has 2 heterocycles. The van der Waals surface area contributed by atoms with Crippen LogP contribution in [0.2, 0.25) is 0 Å². The normalized spacial score (nSPS) is 13.4. The number of allylic oxidation sites excluding steroid dienone is 8. The zero-order valence-electron chi connectivity index (χ0n) is 15.8. The van der Waals surface area contributed by atoms with Crippen LogP contribution in [0, 0.1) is 0 Å². The maximum Gasteiger partial charge on any atom is 0.220 e. The summed E-state index contributed by atoms with van der Waals surface area (Å²) in [7, 11) is 6.03. The summed E-state index contributed by atoms with van der Waals surface area (Å²) in [6, 6.07) is 8.23. The molecule has 0 aliphatic rings. The van der Waals surface area contributed by atoms with Crippen LogP contribution in [-0.4, -0.2) is 21.8 Å². The molecule has 1 aromatic carbocycles. The topological polar surface area (TPSA) is 22.2 Å². The molecule has 0 N–H and O–H groups in total. The highest BCUT2D eigenvalue weighted by Crippen LogP contribution is 2.29. The van der Waals surface area contributed by atoms with Crippen LogP contribution in [0.4, 0.5) is 0 Å². The van der Waals surface area contributed by atoms with Crippen LogP contribution in [0.5, 0.6) is 0 Å². The minimum absolute atomic E-state index is 0.577. The van der Waals surface area contributed by atoms with Crippen molar-refractivity contribution in [2.45, 2.75) is 13.8 Å². The van der Waals surface area contributed by atoms with Crippen molar-refractivity contribution in [1.82, 2.24) is 14.0 Å². The third-order valence-electron chi connectivity index (χ3n) is 4.23. The van der Waals surface area contributed by atoms with E-state index in [9.17, 15) is 0 Å². The molecule has 0 saturated carbocycles. The van der Waals surface area contributed by atoms with Crippen LogP contribution in [0.1, 0.15) is 25.2 Å². The lowest BCUT2D eigenvalue weighted by Gasteiger charge is -2.07. The van der Waals surface area contributed by atoms with Crippen LogP contribution in [0.3, 0.4) is 0 Å². The van der Waals surface area contributed by atoms with Gasteiger partial charge in [0.15, 0.2) is 0 Å². The molecule has 3 rings (SSSR count). The van der Waals surface area contributed by atoms with Gasteiger partial charge in [0.25, 0.3) is 0 Å². The van der Waals surface area contributed by atoms with Gasteiger partial charge in [-0.15, -0.1) is 0 Å². The number of aromatic nitrogens is 3. The van der Waals surface area contributed by atoms with Crippen molar-refractivity contribution < 1.29 is 0 Å². The molecular weight excluding hydrogens is 329 g/mol. The number of benzene rings is 1. The Hall–Kier alpha value is -3.27. The quantitative estimate of drug-likeness (QED) is 0.417. The van der Waals surface area contributed by atoms with E-state index in [0.717, 1.165) is 33.9 Å². The first kappa shape index (κ1) is 18.5. The summed E-state index contributed by atoms with van der Waals surface area (Å²) < 4.78 is 4.26. The first-order valence-electron chi connectivity index (χ1n) is 8.86. The Morgan fingerprint density at radius 2 is 1.78 bits per heavy atom. The SMILES string of the molecule is [B]/C(C=C)=C/C(=C\C=C)n1c2ccccc2n2c(/C=C\C)c(/C=C\C)nc12. The maximum absolute atomic E-state index is 6.03. The Balaban J connectivity index is 2.51. The zero-order valence-corrected chi connectivity index (χ0v) is 15.8. The summed E-state index contributed by atoms with van der Waals surface area (Å²) in [4.78, 5) is 4.91. The highest BCUT2D eigenvalue weighted by Gasteiger charge is 2.18. The fraction of sp³-hybridized carbons (Fsp3) is 0.0870. The molecule has 2 radical (unpaired) electrons. The van der Waals surface area contributed by atoms with Gasteiger partial charge in [0.1, 0.15) is 7.85 Å². The second-order valence-corrected chi connectivity index (χ2v) is 6.02. The van der Waals surface area contributed by atoms with Gasteiger partial charge in [-0.25, -0.2) is 4.98 Å². The third-order valence-corrected chi connectivity index (χ3v) is 4.23. The van der Waals surface area contributed by atoms with Crippen LogP contribution in [0.15, 0.2) is 79.4 Å². The van der Waals surface area contributed by atoms with Crippen molar-refractivity contribution in [3.8, 4) is 0 Å². The van der Waals surface area contributed by atoms with E-state index in [1.807, 2.05) is 56.4 Å². The second-order valence-electron chi connectivity index (χ2n) is 6.02. The lowest BCUT2D eigenvalue weighted by atomic mass is 9.95. The largest absolute Gasteiger partial charge is 0.278 e. The van der Waals surface area contributed by atoms with Crippen LogP contribution in [0.25, 0.3) is 34.7 Å². The van der Waals surface area contributed by atoms with Crippen molar-refractivity contribution in [1.29, 1.82) is 0 Å². The number of para-hydroxylation sites is 2. The van der Waals surface area contributed by atoms with Gasteiger partial charge in [-0.05, 0) is 50.3 Å². The Bertz CT molecular complexity index is 1130. The molecule has 132 valence electrons. The monoisotopic (exact) mass is 351 g/mol. The highest BCUT2D eigenvalue weighted by molar-refractivity contribution is 6.24. The van der Waals surface area contributed by atoms with Gasteiger partial charge in [-0.2, -0.15) is 0 Å². The number of nitrogens with zero attached hydrogens (tertiary/aromatic N) is 3. The van der Waals surface area contributed by atoms with Crippen LogP contribution < -0.4 is 0 Å². The molecule has 3 aromatic rings. The number of hydrogen-bond donors (Lipinski definition) is 0. The summed E-state index contributed by atoms with van der Waals surface area (Å²) >= 11 is 0. The minimum atomic E-state index is 0.577. The molecule has 2 aromatic heterocycles. The van der Waals surface area contributed by atoms with E-state index in [1.165, 1.54) is 0 Å². The summed E-state index contributed by atoms with van der Waals surface area (Å²) in [5.41, 5.74) is 5.52. The molecule has 0 bridgehead atoms. The van der Waals surface area contributed by atoms with Gasteiger partial charge in [-0.3, -0.25) is 8.97 Å². The Morgan fingerprint density at radius 3 is 2.41 bits per heavy atom. The summed E-state index contributed by atoms with van der Waals surface area (Å²) in [5.74, 6) is 0.818. The van der Waals surface area contributed by atoms with Gasteiger partial charge in [0.05, 0.1) is 22.4 Å². The van der Waals surface area contributed by atoms with Gasteiger partial charge < -0.3 is 0 Å². The van der Waals surface area contributed by atoms with Crippen LogP contribution >= 0.6 is 0 Å². The Morgan fingerprint density at radius 1 is 1.07 bits per heavy atom. The lowest BCUT2D eigenvalue weighted by Crippen LogP contribution is -1.97. The molecule has 0 aliphatic heterocycles. The fourth-order valence-corrected chi connectivity index (χ4v) is 3.17. The zero-order chi connectivity index (χ0) is 19.4. The van der Waals surface area contributed by atoms with Crippen molar-refractivity contribution in [3.63, 3.8) is 0 Å². The van der Waals surface area contributed by atoms with Crippen molar-refractivity contribution in [2.24, 2.45) is 0 Å². The molecule has 0 unspecified atom stereocenters. The van der Waals surface area contributed by atoms with Gasteiger partial charge in [-0.1, -0.05) is 55.1 Å². The second kappa shape index (κ2) is 7.96. The first-order chi connectivity index (χ1) is 13.2. The summed E-state index contributed by atoms with van der Waals surface area (Å²) in [6.45, 7) is 11.6. The van der Waals surface area contributed by atoms with Crippen molar-refractivity contribution >= 4 is 42.5 Å². The molecule has 0 amide bonds. The minimum Gasteiger partial charge on any atom is -0.278 e. The molecule has 0 fully saturated rings. The number of rotatable bonds is 6. The number of hydrogen-bond acceptors (Lipinski definition) is 1. The van der Waals surface area contributed by atoms with Gasteiger partial charge >= 0.3 is 0 Å². The van der Waals surface area contributed by atoms with E-state index in [0.29, 0.717) is 5.47 Å². The summed E-state index contributed by atoms with van der Waals surface area (Å²) in [5, 5.41) is 0. The molecule has 0 saturated heterocycles. The van der Waals surface area contributed by atoms with E-state index in [2.05, 4.69) is 40.3 Å². The van der Waals surface area contributed by atoms with E-state index in [-0.39, 0.29) is 0 Å². The molecule has 4 heteroatoms. The Kier molecular flexibility index (Phi) is 5.46.